The second-order valence-electron chi connectivity index (χ2n) is 20.6. The van der Waals surface area contributed by atoms with Crippen LogP contribution in [0.3, 0.4) is 0 Å². The Bertz CT molecular complexity index is 1100. The Hall–Kier alpha value is -2.11. The molecule has 0 aliphatic carbocycles. The van der Waals surface area contributed by atoms with Gasteiger partial charge in [0.25, 0.3) is 0 Å². The summed E-state index contributed by atoms with van der Waals surface area (Å²) in [6.07, 6.45) is 67.5. The van der Waals surface area contributed by atoms with E-state index in [2.05, 4.69) is 45.1 Å². The van der Waals surface area contributed by atoms with Gasteiger partial charge in [0.2, 0.25) is 0 Å². The van der Waals surface area contributed by atoms with Crippen molar-refractivity contribution in [1.29, 1.82) is 0 Å². The summed E-state index contributed by atoms with van der Waals surface area (Å²) in [6, 6.07) is 0. The molecule has 0 aromatic carbocycles. The van der Waals surface area contributed by atoms with Crippen LogP contribution in [0.1, 0.15) is 335 Å². The molecule has 0 N–H and O–H groups in total. The summed E-state index contributed by atoms with van der Waals surface area (Å²) in [6.45, 7) is 6.65. The maximum atomic E-state index is 12.9. The third-order valence-corrected chi connectivity index (χ3v) is 13.7. The lowest BCUT2D eigenvalue weighted by atomic mass is 10.0. The number of esters is 3. The molecule has 0 aliphatic rings. The Morgan fingerprint density at radius 1 is 0.279 bits per heavy atom. The molecule has 1 atom stereocenters. The van der Waals surface area contributed by atoms with Gasteiger partial charge in [0.15, 0.2) is 6.10 Å². The zero-order valence-electron chi connectivity index (χ0n) is 45.9. The van der Waals surface area contributed by atoms with Crippen LogP contribution in [0.25, 0.3) is 0 Å². The molecule has 0 aromatic rings. The van der Waals surface area contributed by atoms with E-state index in [-0.39, 0.29) is 31.1 Å². The third-order valence-electron chi connectivity index (χ3n) is 13.7. The van der Waals surface area contributed by atoms with Crippen molar-refractivity contribution < 1.29 is 28.6 Å². The van der Waals surface area contributed by atoms with Gasteiger partial charge in [-0.25, -0.2) is 0 Å². The lowest BCUT2D eigenvalue weighted by Crippen LogP contribution is -2.30. The molecule has 6 nitrogen and oxygen atoms in total. The van der Waals surface area contributed by atoms with Gasteiger partial charge in [-0.3, -0.25) is 14.4 Å². The predicted octanol–water partition coefficient (Wildman–Crippen LogP) is 20.3. The highest BCUT2D eigenvalue weighted by atomic mass is 16.6. The number of ether oxygens (including phenoxy) is 3. The molecule has 0 spiro atoms. The Kier molecular flexibility index (Phi) is 55.7. The molecule has 0 saturated carbocycles. The van der Waals surface area contributed by atoms with E-state index >= 15 is 0 Å². The van der Waals surface area contributed by atoms with Gasteiger partial charge >= 0.3 is 17.9 Å². The summed E-state index contributed by atoms with van der Waals surface area (Å²) < 4.78 is 16.9. The maximum absolute atomic E-state index is 12.9. The van der Waals surface area contributed by atoms with Crippen LogP contribution in [0.5, 0.6) is 0 Å². The molecule has 0 fully saturated rings. The molecule has 0 rings (SSSR count). The van der Waals surface area contributed by atoms with E-state index in [4.69, 9.17) is 14.2 Å². The van der Waals surface area contributed by atoms with Gasteiger partial charge in [0, 0.05) is 19.3 Å². The SMILES string of the molecule is CCCC/C=C\CCCCCCCC(=O)OCC(COC(=O)CCCCCCCCCCC/C=C\CCCCCCCCCC)OC(=O)CCCCCCCCCCCCCCCCCCCC. The van der Waals surface area contributed by atoms with Crippen molar-refractivity contribution >= 4 is 17.9 Å². The third kappa shape index (κ3) is 54.8. The molecular formula is C62H116O6. The Morgan fingerprint density at radius 2 is 0.500 bits per heavy atom. The van der Waals surface area contributed by atoms with E-state index in [1.165, 1.54) is 231 Å². The van der Waals surface area contributed by atoms with Gasteiger partial charge in [-0.2, -0.15) is 0 Å². The van der Waals surface area contributed by atoms with Crippen molar-refractivity contribution in [3.8, 4) is 0 Å². The van der Waals surface area contributed by atoms with E-state index in [0.29, 0.717) is 19.3 Å². The first-order valence-corrected chi connectivity index (χ1v) is 30.3. The Balaban J connectivity index is 4.25. The van der Waals surface area contributed by atoms with Crippen molar-refractivity contribution in [1.82, 2.24) is 0 Å². The fourth-order valence-electron chi connectivity index (χ4n) is 9.07. The van der Waals surface area contributed by atoms with Gasteiger partial charge in [-0.1, -0.05) is 276 Å². The largest absolute Gasteiger partial charge is 0.462 e. The first kappa shape index (κ1) is 65.9. The average molecular weight is 958 g/mol. The molecule has 0 heterocycles. The number of unbranched alkanes of at least 4 members (excludes halogenated alkanes) is 41. The van der Waals surface area contributed by atoms with Crippen molar-refractivity contribution in [2.24, 2.45) is 0 Å². The molecule has 0 amide bonds. The van der Waals surface area contributed by atoms with Crippen molar-refractivity contribution in [2.45, 2.75) is 341 Å². The van der Waals surface area contributed by atoms with Crippen LogP contribution in [0.2, 0.25) is 0 Å². The highest BCUT2D eigenvalue weighted by molar-refractivity contribution is 5.71. The summed E-state index contributed by atoms with van der Waals surface area (Å²) in [5, 5.41) is 0. The van der Waals surface area contributed by atoms with Crippen LogP contribution in [-0.2, 0) is 28.6 Å². The summed E-state index contributed by atoms with van der Waals surface area (Å²) in [5.41, 5.74) is 0. The summed E-state index contributed by atoms with van der Waals surface area (Å²) in [7, 11) is 0. The van der Waals surface area contributed by atoms with Crippen LogP contribution >= 0.6 is 0 Å². The van der Waals surface area contributed by atoms with Gasteiger partial charge in [0.1, 0.15) is 13.2 Å². The summed E-state index contributed by atoms with van der Waals surface area (Å²) in [4.78, 5) is 38.1. The molecule has 0 aromatic heterocycles. The van der Waals surface area contributed by atoms with E-state index < -0.39 is 6.10 Å². The lowest BCUT2D eigenvalue weighted by molar-refractivity contribution is -0.167. The zero-order valence-corrected chi connectivity index (χ0v) is 45.9. The van der Waals surface area contributed by atoms with Crippen LogP contribution in [0.4, 0.5) is 0 Å². The summed E-state index contributed by atoms with van der Waals surface area (Å²) >= 11 is 0. The molecule has 400 valence electrons. The standard InChI is InChI=1S/C62H116O6/c1-4-7-10-13-16-19-22-24-26-28-30-31-32-34-35-37-40-43-46-49-52-55-61(64)67-58-59(57-66-60(63)54-51-48-45-42-39-21-18-15-12-9-6-3)68-62(65)56-53-50-47-44-41-38-36-33-29-27-25-23-20-17-14-11-8-5-2/h15,18,28,30,59H,4-14,16-17,19-27,29,31-58H2,1-3H3/b18-15-,30-28-. The maximum Gasteiger partial charge on any atom is 0.306 e. The molecule has 0 bridgehead atoms. The fourth-order valence-corrected chi connectivity index (χ4v) is 9.07. The number of hydrogen-bond acceptors (Lipinski definition) is 6. The second-order valence-corrected chi connectivity index (χ2v) is 20.6. The van der Waals surface area contributed by atoms with Crippen molar-refractivity contribution in [3.63, 3.8) is 0 Å². The van der Waals surface area contributed by atoms with Crippen LogP contribution < -0.4 is 0 Å². The van der Waals surface area contributed by atoms with Gasteiger partial charge < -0.3 is 14.2 Å². The van der Waals surface area contributed by atoms with Gasteiger partial charge in [-0.15, -0.1) is 0 Å². The minimum atomic E-state index is -0.771. The van der Waals surface area contributed by atoms with Crippen LogP contribution in [0, 0.1) is 0 Å². The number of allylic oxidation sites excluding steroid dienone is 4. The Labute approximate surface area is 423 Å². The lowest BCUT2D eigenvalue weighted by Gasteiger charge is -2.18. The number of rotatable bonds is 56. The molecule has 0 aliphatic heterocycles. The molecule has 6 heteroatoms. The Morgan fingerprint density at radius 3 is 0.779 bits per heavy atom. The highest BCUT2D eigenvalue weighted by Gasteiger charge is 2.19. The fraction of sp³-hybridized carbons (Fsp3) is 0.887. The predicted molar refractivity (Wildman–Crippen MR) is 293 cm³/mol. The van der Waals surface area contributed by atoms with E-state index in [9.17, 15) is 14.4 Å². The number of carbonyl (C=O) groups is 3. The highest BCUT2D eigenvalue weighted by Crippen LogP contribution is 2.17. The first-order valence-electron chi connectivity index (χ1n) is 30.3. The van der Waals surface area contributed by atoms with Gasteiger partial charge in [0.05, 0.1) is 0 Å². The van der Waals surface area contributed by atoms with E-state index in [1.54, 1.807) is 0 Å². The van der Waals surface area contributed by atoms with Gasteiger partial charge in [-0.05, 0) is 64.2 Å². The van der Waals surface area contributed by atoms with Crippen molar-refractivity contribution in [3.05, 3.63) is 24.3 Å². The zero-order chi connectivity index (χ0) is 49.3. The average Bonchev–Trinajstić information content (AvgIpc) is 3.34. The molecule has 1 unspecified atom stereocenters. The topological polar surface area (TPSA) is 78.9 Å². The van der Waals surface area contributed by atoms with E-state index in [0.717, 1.165) is 64.2 Å². The molecule has 0 radical (unpaired) electrons. The smallest absolute Gasteiger partial charge is 0.306 e. The van der Waals surface area contributed by atoms with Crippen LogP contribution in [-0.4, -0.2) is 37.2 Å². The van der Waals surface area contributed by atoms with Crippen LogP contribution in [0.15, 0.2) is 24.3 Å². The monoisotopic (exact) mass is 957 g/mol. The first-order chi connectivity index (χ1) is 33.5. The quantitative estimate of drug-likeness (QED) is 0.0262. The number of carbonyl (C=O) groups excluding carboxylic acids is 3. The minimum absolute atomic E-state index is 0.0705. The minimum Gasteiger partial charge on any atom is -0.462 e. The normalized spacial score (nSPS) is 12.1. The number of hydrogen-bond donors (Lipinski definition) is 0. The summed E-state index contributed by atoms with van der Waals surface area (Å²) in [5.74, 6) is -0.861. The second kappa shape index (κ2) is 57.5. The van der Waals surface area contributed by atoms with E-state index in [1.807, 2.05) is 0 Å². The van der Waals surface area contributed by atoms with Crippen molar-refractivity contribution in [2.75, 3.05) is 13.2 Å². The molecule has 68 heavy (non-hydrogen) atoms. The molecule has 0 saturated heterocycles. The molecular weight excluding hydrogens is 841 g/mol.